The monoisotopic (exact) mass is 355 g/mol. The van der Waals surface area contributed by atoms with Crippen molar-refractivity contribution in [2.75, 3.05) is 6.61 Å². The zero-order chi connectivity index (χ0) is 19.1. The molecule has 2 rings (SSSR count). The second-order valence-corrected chi connectivity index (χ2v) is 6.40. The van der Waals surface area contributed by atoms with E-state index in [1.807, 2.05) is 45.0 Å². The average molecular weight is 355 g/mol. The molecule has 1 unspecified atom stereocenters. The molecule has 0 heterocycles. The van der Waals surface area contributed by atoms with Crippen molar-refractivity contribution in [3.63, 3.8) is 0 Å². The molecule has 0 spiro atoms. The lowest BCUT2D eigenvalue weighted by Gasteiger charge is -2.17. The molecule has 0 saturated heterocycles. The summed E-state index contributed by atoms with van der Waals surface area (Å²) in [6, 6.07) is 14.3. The first-order valence-corrected chi connectivity index (χ1v) is 8.65. The minimum atomic E-state index is -0.235. The maximum absolute atomic E-state index is 12.1. The molecule has 0 aromatic heterocycles. The predicted octanol–water partition coefficient (Wildman–Crippen LogP) is 3.93. The van der Waals surface area contributed by atoms with Crippen LogP contribution in [0.4, 0.5) is 0 Å². The zero-order valence-electron chi connectivity index (χ0n) is 15.6. The Kier molecular flexibility index (Phi) is 6.78. The number of nitrogens with one attached hydrogen (secondary N) is 1. The van der Waals surface area contributed by atoms with E-state index < -0.39 is 0 Å². The highest BCUT2D eigenvalue weighted by Crippen LogP contribution is 2.20. The van der Waals surface area contributed by atoms with E-state index in [1.54, 1.807) is 24.3 Å². The molecule has 1 N–H and O–H groups in total. The Bertz CT molecular complexity index is 770. The molecule has 1 amide bonds. The van der Waals surface area contributed by atoms with E-state index in [-0.39, 0.29) is 30.4 Å². The van der Waals surface area contributed by atoms with Gasteiger partial charge in [0.25, 0.3) is 5.91 Å². The van der Waals surface area contributed by atoms with Crippen LogP contribution in [0.1, 0.15) is 49.7 Å². The summed E-state index contributed by atoms with van der Waals surface area (Å²) >= 11 is 0. The van der Waals surface area contributed by atoms with Gasteiger partial charge in [0.15, 0.2) is 12.4 Å². The van der Waals surface area contributed by atoms with Crippen molar-refractivity contribution < 1.29 is 19.1 Å². The van der Waals surface area contributed by atoms with Gasteiger partial charge in [0, 0.05) is 5.56 Å². The summed E-state index contributed by atoms with van der Waals surface area (Å²) in [4.78, 5) is 23.5. The minimum absolute atomic E-state index is 0.0444. The molecule has 5 nitrogen and oxygen atoms in total. The van der Waals surface area contributed by atoms with Gasteiger partial charge < -0.3 is 14.8 Å². The minimum Gasteiger partial charge on any atom is -0.491 e. The normalized spacial score (nSPS) is 11.7. The number of carbonyl (C=O) groups is 2. The van der Waals surface area contributed by atoms with Gasteiger partial charge >= 0.3 is 0 Å². The van der Waals surface area contributed by atoms with Gasteiger partial charge in [-0.1, -0.05) is 24.3 Å². The average Bonchev–Trinajstić information content (AvgIpc) is 2.60. The van der Waals surface area contributed by atoms with Crippen LogP contribution in [-0.2, 0) is 4.79 Å². The Morgan fingerprint density at radius 3 is 2.38 bits per heavy atom. The number of rotatable bonds is 8. The standard InChI is InChI=1S/C21H25NO4/c1-14(2)26-20-10-5-7-17(11-20)15(3)22-21(24)13-25-19-9-6-8-18(12-19)16(4)23/h5-12,14-15H,13H2,1-4H3,(H,22,24). The number of ketones is 1. The molecule has 1 atom stereocenters. The summed E-state index contributed by atoms with van der Waals surface area (Å²) in [6.07, 6.45) is 0.0920. The van der Waals surface area contributed by atoms with E-state index in [2.05, 4.69) is 5.32 Å². The zero-order valence-corrected chi connectivity index (χ0v) is 15.6. The van der Waals surface area contributed by atoms with Gasteiger partial charge in [-0.2, -0.15) is 0 Å². The number of benzene rings is 2. The Morgan fingerprint density at radius 1 is 1.00 bits per heavy atom. The number of Topliss-reactive ketones (excluding diaryl/α,β-unsaturated/α-hetero) is 1. The van der Waals surface area contributed by atoms with Gasteiger partial charge in [-0.05, 0) is 57.5 Å². The molecule has 2 aromatic rings. The molecular formula is C21H25NO4. The van der Waals surface area contributed by atoms with E-state index in [0.717, 1.165) is 11.3 Å². The highest BCUT2D eigenvalue weighted by atomic mass is 16.5. The fourth-order valence-corrected chi connectivity index (χ4v) is 2.45. The molecule has 2 aromatic carbocycles. The van der Waals surface area contributed by atoms with Crippen molar-refractivity contribution in [2.45, 2.75) is 39.8 Å². The van der Waals surface area contributed by atoms with Crippen molar-refractivity contribution >= 4 is 11.7 Å². The summed E-state index contributed by atoms with van der Waals surface area (Å²) in [5.41, 5.74) is 1.51. The summed E-state index contributed by atoms with van der Waals surface area (Å²) < 4.78 is 11.2. The van der Waals surface area contributed by atoms with Crippen LogP contribution in [0.2, 0.25) is 0 Å². The first-order chi connectivity index (χ1) is 12.3. The van der Waals surface area contributed by atoms with Crippen LogP contribution in [0.3, 0.4) is 0 Å². The maximum Gasteiger partial charge on any atom is 0.258 e. The quantitative estimate of drug-likeness (QED) is 0.729. The van der Waals surface area contributed by atoms with Crippen molar-refractivity contribution in [3.05, 3.63) is 59.7 Å². The van der Waals surface area contributed by atoms with E-state index in [0.29, 0.717) is 11.3 Å². The van der Waals surface area contributed by atoms with Crippen LogP contribution in [0.25, 0.3) is 0 Å². The molecule has 138 valence electrons. The van der Waals surface area contributed by atoms with E-state index >= 15 is 0 Å². The van der Waals surface area contributed by atoms with Gasteiger partial charge in [-0.25, -0.2) is 0 Å². The third-order valence-corrected chi connectivity index (χ3v) is 3.72. The number of hydrogen-bond acceptors (Lipinski definition) is 4. The van der Waals surface area contributed by atoms with E-state index in [4.69, 9.17) is 9.47 Å². The maximum atomic E-state index is 12.1. The third-order valence-electron chi connectivity index (χ3n) is 3.72. The first-order valence-electron chi connectivity index (χ1n) is 8.65. The molecule has 0 radical (unpaired) electrons. The van der Waals surface area contributed by atoms with Crippen molar-refractivity contribution in [3.8, 4) is 11.5 Å². The largest absolute Gasteiger partial charge is 0.491 e. The number of carbonyl (C=O) groups excluding carboxylic acids is 2. The summed E-state index contributed by atoms with van der Waals surface area (Å²) in [5, 5.41) is 2.90. The molecule has 0 fully saturated rings. The van der Waals surface area contributed by atoms with E-state index in [9.17, 15) is 9.59 Å². The van der Waals surface area contributed by atoms with Crippen molar-refractivity contribution in [2.24, 2.45) is 0 Å². The van der Waals surface area contributed by atoms with Crippen LogP contribution in [0, 0.1) is 0 Å². The second-order valence-electron chi connectivity index (χ2n) is 6.40. The molecule has 0 aliphatic heterocycles. The van der Waals surface area contributed by atoms with Crippen molar-refractivity contribution in [1.82, 2.24) is 5.32 Å². The van der Waals surface area contributed by atoms with Gasteiger partial charge in [0.05, 0.1) is 12.1 Å². The van der Waals surface area contributed by atoms with Gasteiger partial charge in [-0.15, -0.1) is 0 Å². The predicted molar refractivity (Wildman–Crippen MR) is 101 cm³/mol. The highest BCUT2D eigenvalue weighted by Gasteiger charge is 2.12. The third kappa shape index (κ3) is 5.92. The lowest BCUT2D eigenvalue weighted by Crippen LogP contribution is -2.31. The summed E-state index contributed by atoms with van der Waals surface area (Å²) in [6.45, 7) is 7.22. The number of amides is 1. The van der Waals surface area contributed by atoms with Gasteiger partial charge in [0.1, 0.15) is 11.5 Å². The smallest absolute Gasteiger partial charge is 0.258 e. The van der Waals surface area contributed by atoms with Crippen LogP contribution in [-0.4, -0.2) is 24.4 Å². The van der Waals surface area contributed by atoms with Gasteiger partial charge in [-0.3, -0.25) is 9.59 Å². The Morgan fingerprint density at radius 2 is 1.69 bits per heavy atom. The molecule has 0 aliphatic rings. The van der Waals surface area contributed by atoms with E-state index in [1.165, 1.54) is 6.92 Å². The molecule has 0 aliphatic carbocycles. The second kappa shape index (κ2) is 9.04. The first kappa shape index (κ1) is 19.5. The molecule has 26 heavy (non-hydrogen) atoms. The molecule has 5 heteroatoms. The number of hydrogen-bond donors (Lipinski definition) is 1. The topological polar surface area (TPSA) is 64.6 Å². The highest BCUT2D eigenvalue weighted by molar-refractivity contribution is 5.94. The Hall–Kier alpha value is -2.82. The fourth-order valence-electron chi connectivity index (χ4n) is 2.45. The van der Waals surface area contributed by atoms with Crippen molar-refractivity contribution in [1.29, 1.82) is 0 Å². The number of ether oxygens (including phenoxy) is 2. The fraction of sp³-hybridized carbons (Fsp3) is 0.333. The van der Waals surface area contributed by atoms with Crippen LogP contribution in [0.15, 0.2) is 48.5 Å². The van der Waals surface area contributed by atoms with Crippen LogP contribution >= 0.6 is 0 Å². The SMILES string of the molecule is CC(=O)c1cccc(OCC(=O)NC(C)c2cccc(OC(C)C)c2)c1. The molecule has 0 saturated carbocycles. The lowest BCUT2D eigenvalue weighted by molar-refractivity contribution is -0.123. The molecule has 0 bridgehead atoms. The lowest BCUT2D eigenvalue weighted by atomic mass is 10.1. The molecular weight excluding hydrogens is 330 g/mol. The Balaban J connectivity index is 1.91. The summed E-state index contributed by atoms with van der Waals surface area (Å²) in [7, 11) is 0. The van der Waals surface area contributed by atoms with Crippen LogP contribution < -0.4 is 14.8 Å². The Labute approximate surface area is 154 Å². The summed E-state index contributed by atoms with van der Waals surface area (Å²) in [5.74, 6) is 0.988. The van der Waals surface area contributed by atoms with Gasteiger partial charge in [0.2, 0.25) is 0 Å². The van der Waals surface area contributed by atoms with Crippen LogP contribution in [0.5, 0.6) is 11.5 Å².